The molecule has 8 heteroatoms. The van der Waals surface area contributed by atoms with Gasteiger partial charge in [0.2, 0.25) is 5.91 Å². The van der Waals surface area contributed by atoms with Crippen LogP contribution in [0.25, 0.3) is 5.00 Å². The molecule has 7 nitrogen and oxygen atoms in total. The van der Waals surface area contributed by atoms with Gasteiger partial charge in [-0.05, 0) is 45.4 Å². The first kappa shape index (κ1) is 20.0. The average molecular weight is 419 g/mol. The van der Waals surface area contributed by atoms with E-state index in [4.69, 9.17) is 10.3 Å². The SMILES string of the molecule is CCNC(=O)C[C@@H]1N=C(c2ccc(C#N)cc2)c2c(sc(C)c2C)-n2c(C)nnc21. The number of fused-ring (bicyclic) bond motifs is 3. The Balaban J connectivity index is 1.95. The van der Waals surface area contributed by atoms with Crippen molar-refractivity contribution >= 4 is 23.0 Å². The molecule has 1 aliphatic rings. The summed E-state index contributed by atoms with van der Waals surface area (Å²) in [6, 6.07) is 9.11. The number of rotatable bonds is 4. The molecule has 0 saturated heterocycles. The van der Waals surface area contributed by atoms with Gasteiger partial charge in [-0.1, -0.05) is 12.1 Å². The van der Waals surface area contributed by atoms with Crippen molar-refractivity contribution in [1.29, 1.82) is 5.26 Å². The molecular weight excluding hydrogens is 396 g/mol. The molecule has 0 radical (unpaired) electrons. The molecule has 0 spiro atoms. The lowest BCUT2D eigenvalue weighted by atomic mass is 9.99. The number of aryl methyl sites for hydroxylation is 2. The lowest BCUT2D eigenvalue weighted by Crippen LogP contribution is -2.25. The second-order valence-corrected chi connectivity index (χ2v) is 8.45. The van der Waals surface area contributed by atoms with Gasteiger partial charge < -0.3 is 5.32 Å². The Morgan fingerprint density at radius 3 is 2.63 bits per heavy atom. The zero-order valence-electron chi connectivity index (χ0n) is 17.4. The van der Waals surface area contributed by atoms with Gasteiger partial charge in [-0.3, -0.25) is 14.4 Å². The van der Waals surface area contributed by atoms with Gasteiger partial charge >= 0.3 is 0 Å². The molecule has 152 valence electrons. The summed E-state index contributed by atoms with van der Waals surface area (Å²) >= 11 is 1.68. The zero-order chi connectivity index (χ0) is 21.4. The molecule has 1 N–H and O–H groups in total. The summed E-state index contributed by atoms with van der Waals surface area (Å²) in [4.78, 5) is 18.7. The summed E-state index contributed by atoms with van der Waals surface area (Å²) < 4.78 is 2.03. The van der Waals surface area contributed by atoms with E-state index in [1.165, 1.54) is 4.88 Å². The molecule has 1 atom stereocenters. The van der Waals surface area contributed by atoms with Crippen molar-refractivity contribution in [3.8, 4) is 11.1 Å². The summed E-state index contributed by atoms with van der Waals surface area (Å²) in [6.45, 7) is 8.56. The topological polar surface area (TPSA) is 96.0 Å². The number of aromatic nitrogens is 3. The number of hydrogen-bond acceptors (Lipinski definition) is 6. The van der Waals surface area contributed by atoms with Crippen LogP contribution in [0.5, 0.6) is 0 Å². The standard InChI is InChI=1S/C22H22N6OS/c1-5-24-18(29)10-17-21-27-26-14(4)28(21)22-19(12(2)13(3)30-22)20(25-17)16-8-6-15(11-23)7-9-16/h6-9,17H,5,10H2,1-4H3,(H,24,29)/t17-/m0/s1. The van der Waals surface area contributed by atoms with Crippen LogP contribution in [0.2, 0.25) is 0 Å². The molecule has 3 heterocycles. The Morgan fingerprint density at radius 2 is 1.97 bits per heavy atom. The van der Waals surface area contributed by atoms with Gasteiger partial charge in [0.25, 0.3) is 0 Å². The Hall–Kier alpha value is -3.31. The van der Waals surface area contributed by atoms with Crippen molar-refractivity contribution in [3.05, 3.63) is 63.0 Å². The van der Waals surface area contributed by atoms with E-state index in [1.54, 1.807) is 23.5 Å². The van der Waals surface area contributed by atoms with Crippen molar-refractivity contribution < 1.29 is 4.79 Å². The molecule has 1 aliphatic heterocycles. The molecule has 1 aromatic carbocycles. The highest BCUT2D eigenvalue weighted by molar-refractivity contribution is 7.15. The number of nitrogens with zero attached hydrogens (tertiary/aromatic N) is 5. The van der Waals surface area contributed by atoms with Crippen LogP contribution in [-0.2, 0) is 4.79 Å². The van der Waals surface area contributed by atoms with Crippen LogP contribution >= 0.6 is 11.3 Å². The first-order chi connectivity index (χ1) is 14.4. The van der Waals surface area contributed by atoms with Crippen LogP contribution in [0.4, 0.5) is 0 Å². The maximum atomic E-state index is 12.4. The minimum atomic E-state index is -0.456. The van der Waals surface area contributed by atoms with Gasteiger partial charge in [-0.2, -0.15) is 5.26 Å². The highest BCUT2D eigenvalue weighted by Crippen LogP contribution is 2.39. The average Bonchev–Trinajstić information content (AvgIpc) is 3.21. The Labute approximate surface area is 179 Å². The predicted octanol–water partition coefficient (Wildman–Crippen LogP) is 3.54. The number of nitriles is 1. The van der Waals surface area contributed by atoms with E-state index < -0.39 is 6.04 Å². The van der Waals surface area contributed by atoms with Gasteiger partial charge in [-0.25, -0.2) is 0 Å². The maximum Gasteiger partial charge on any atom is 0.222 e. The number of carbonyl (C=O) groups is 1. The molecule has 0 saturated carbocycles. The third-order valence-electron chi connectivity index (χ3n) is 5.28. The van der Waals surface area contributed by atoms with Gasteiger partial charge in [0.15, 0.2) is 5.82 Å². The van der Waals surface area contributed by atoms with E-state index >= 15 is 0 Å². The third-order valence-corrected chi connectivity index (χ3v) is 6.47. The normalized spacial score (nSPS) is 14.9. The van der Waals surface area contributed by atoms with Crippen LogP contribution in [0.3, 0.4) is 0 Å². The number of nitrogens with one attached hydrogen (secondary N) is 1. The van der Waals surface area contributed by atoms with Crippen LogP contribution in [0.15, 0.2) is 29.3 Å². The summed E-state index contributed by atoms with van der Waals surface area (Å²) in [6.07, 6.45) is 0.193. The van der Waals surface area contributed by atoms with Crippen molar-refractivity contribution in [2.45, 2.75) is 40.2 Å². The number of benzene rings is 1. The van der Waals surface area contributed by atoms with E-state index in [0.29, 0.717) is 17.9 Å². The summed E-state index contributed by atoms with van der Waals surface area (Å²) in [5.74, 6) is 1.37. The fraction of sp³-hybridized carbons (Fsp3) is 0.318. The first-order valence-electron chi connectivity index (χ1n) is 9.82. The number of hydrogen-bond donors (Lipinski definition) is 1. The van der Waals surface area contributed by atoms with Gasteiger partial charge in [0, 0.05) is 22.5 Å². The molecule has 0 aliphatic carbocycles. The molecular formula is C22H22N6OS. The highest BCUT2D eigenvalue weighted by Gasteiger charge is 2.32. The monoisotopic (exact) mass is 418 g/mol. The minimum Gasteiger partial charge on any atom is -0.356 e. The maximum absolute atomic E-state index is 12.4. The summed E-state index contributed by atoms with van der Waals surface area (Å²) in [7, 11) is 0. The quantitative estimate of drug-likeness (QED) is 0.701. The number of amides is 1. The van der Waals surface area contributed by atoms with Gasteiger partial charge in [0.05, 0.1) is 23.8 Å². The van der Waals surface area contributed by atoms with E-state index in [-0.39, 0.29) is 12.3 Å². The van der Waals surface area contributed by atoms with Crippen LogP contribution in [-0.4, -0.2) is 32.9 Å². The zero-order valence-corrected chi connectivity index (χ0v) is 18.2. The minimum absolute atomic E-state index is 0.0733. The van der Waals surface area contributed by atoms with E-state index in [1.807, 2.05) is 30.5 Å². The lowest BCUT2D eigenvalue weighted by Gasteiger charge is -2.12. The molecule has 1 amide bonds. The Bertz CT molecular complexity index is 1200. The molecule has 2 aromatic heterocycles. The predicted molar refractivity (Wildman–Crippen MR) is 116 cm³/mol. The second-order valence-electron chi connectivity index (χ2n) is 7.24. The number of aliphatic imine (C=N–C) groups is 1. The first-order valence-corrected chi connectivity index (χ1v) is 10.6. The van der Waals surface area contributed by atoms with Crippen molar-refractivity contribution in [3.63, 3.8) is 0 Å². The summed E-state index contributed by atoms with van der Waals surface area (Å²) in [5, 5.41) is 21.7. The molecule has 0 bridgehead atoms. The largest absolute Gasteiger partial charge is 0.356 e. The third kappa shape index (κ3) is 3.31. The van der Waals surface area contributed by atoms with Crippen LogP contribution < -0.4 is 5.32 Å². The van der Waals surface area contributed by atoms with Crippen LogP contribution in [0.1, 0.15) is 58.2 Å². The molecule has 4 rings (SSSR count). The highest BCUT2D eigenvalue weighted by atomic mass is 32.1. The number of carbonyl (C=O) groups excluding carboxylic acids is 1. The Morgan fingerprint density at radius 1 is 1.23 bits per heavy atom. The molecule has 30 heavy (non-hydrogen) atoms. The van der Waals surface area contributed by atoms with Gasteiger partial charge in [0.1, 0.15) is 16.9 Å². The molecule has 0 unspecified atom stereocenters. The van der Waals surface area contributed by atoms with E-state index in [9.17, 15) is 4.79 Å². The van der Waals surface area contributed by atoms with Crippen molar-refractivity contribution in [2.24, 2.45) is 4.99 Å². The van der Waals surface area contributed by atoms with Crippen molar-refractivity contribution in [1.82, 2.24) is 20.1 Å². The van der Waals surface area contributed by atoms with Gasteiger partial charge in [-0.15, -0.1) is 21.5 Å². The van der Waals surface area contributed by atoms with Crippen molar-refractivity contribution in [2.75, 3.05) is 6.54 Å². The number of thiophene rings is 1. The fourth-order valence-corrected chi connectivity index (χ4v) is 4.89. The molecule has 3 aromatic rings. The second kappa shape index (κ2) is 7.84. The van der Waals surface area contributed by atoms with Crippen LogP contribution in [0, 0.1) is 32.1 Å². The molecule has 0 fully saturated rings. The van der Waals surface area contributed by atoms with E-state index in [0.717, 1.165) is 33.2 Å². The fourth-order valence-electron chi connectivity index (χ4n) is 3.67. The summed E-state index contributed by atoms with van der Waals surface area (Å²) in [5.41, 5.74) is 4.50. The van der Waals surface area contributed by atoms with E-state index in [2.05, 4.69) is 35.4 Å². The Kier molecular flexibility index (Phi) is 5.22. The smallest absolute Gasteiger partial charge is 0.222 e. The lowest BCUT2D eigenvalue weighted by molar-refractivity contribution is -0.121.